The zero-order valence-electron chi connectivity index (χ0n) is 24.5. The average Bonchev–Trinajstić information content (AvgIpc) is 2.94. The van der Waals surface area contributed by atoms with Gasteiger partial charge in [0, 0.05) is 11.8 Å². The number of hydrogen-bond donors (Lipinski definition) is 2. The number of rotatable bonds is 21. The second-order valence-corrected chi connectivity index (χ2v) is 11.1. The van der Waals surface area contributed by atoms with E-state index >= 15 is 0 Å². The van der Waals surface area contributed by atoms with E-state index in [2.05, 4.69) is 26.0 Å². The van der Waals surface area contributed by atoms with Crippen LogP contribution in [0.5, 0.6) is 11.5 Å². The highest BCUT2D eigenvalue weighted by Crippen LogP contribution is 2.37. The maximum absolute atomic E-state index is 12.5. The van der Waals surface area contributed by atoms with Crippen molar-refractivity contribution in [2.24, 2.45) is 0 Å². The Morgan fingerprint density at radius 1 is 0.692 bits per heavy atom. The normalized spacial score (nSPS) is 11.7. The van der Waals surface area contributed by atoms with E-state index in [1.54, 1.807) is 24.3 Å². The lowest BCUT2D eigenvalue weighted by Gasteiger charge is -2.31. The van der Waals surface area contributed by atoms with Crippen LogP contribution in [0.4, 0.5) is 0 Å². The second kappa shape index (κ2) is 19.3. The fraction of sp³-hybridized carbons (Fsp3) is 0.571. The van der Waals surface area contributed by atoms with Crippen molar-refractivity contribution in [3.05, 3.63) is 71.8 Å². The van der Waals surface area contributed by atoms with Gasteiger partial charge in [0.2, 0.25) is 0 Å². The molecule has 2 aromatic rings. The van der Waals surface area contributed by atoms with Gasteiger partial charge >= 0.3 is 5.97 Å². The van der Waals surface area contributed by atoms with E-state index in [0.29, 0.717) is 19.4 Å². The summed E-state index contributed by atoms with van der Waals surface area (Å²) in [6, 6.07) is 14.2. The molecule has 0 fully saturated rings. The van der Waals surface area contributed by atoms with Crippen LogP contribution in [0.1, 0.15) is 128 Å². The molecule has 0 unspecified atom stereocenters. The predicted molar refractivity (Wildman–Crippen MR) is 162 cm³/mol. The van der Waals surface area contributed by atoms with Crippen molar-refractivity contribution >= 4 is 5.97 Å². The Balaban J connectivity index is 1.57. The van der Waals surface area contributed by atoms with Crippen molar-refractivity contribution in [3.63, 3.8) is 0 Å². The summed E-state index contributed by atoms with van der Waals surface area (Å²) in [6.45, 7) is 4.83. The Morgan fingerprint density at radius 2 is 1.13 bits per heavy atom. The van der Waals surface area contributed by atoms with Gasteiger partial charge in [0.1, 0.15) is 11.5 Å². The summed E-state index contributed by atoms with van der Waals surface area (Å²) in [7, 11) is 0. The summed E-state index contributed by atoms with van der Waals surface area (Å²) in [4.78, 5) is 12.5. The van der Waals surface area contributed by atoms with E-state index in [-0.39, 0.29) is 17.5 Å². The van der Waals surface area contributed by atoms with Gasteiger partial charge in [0.25, 0.3) is 0 Å². The molecule has 2 N–H and O–H groups in total. The molecule has 0 atom stereocenters. The molecule has 0 radical (unpaired) electrons. The van der Waals surface area contributed by atoms with Gasteiger partial charge in [-0.2, -0.15) is 0 Å². The highest BCUT2D eigenvalue weighted by atomic mass is 16.5. The molecular weight excluding hydrogens is 484 g/mol. The van der Waals surface area contributed by atoms with Crippen LogP contribution in [0.15, 0.2) is 60.7 Å². The van der Waals surface area contributed by atoms with Crippen molar-refractivity contribution in [2.45, 2.75) is 122 Å². The minimum atomic E-state index is -0.441. The molecule has 216 valence electrons. The first-order valence-electron chi connectivity index (χ1n) is 15.4. The third-order valence-corrected chi connectivity index (χ3v) is 7.76. The largest absolute Gasteiger partial charge is 0.508 e. The average molecular weight is 537 g/mol. The van der Waals surface area contributed by atoms with Crippen LogP contribution in [-0.4, -0.2) is 22.8 Å². The molecule has 0 saturated carbocycles. The third-order valence-electron chi connectivity index (χ3n) is 7.76. The molecule has 0 saturated heterocycles. The van der Waals surface area contributed by atoms with Crippen LogP contribution in [-0.2, 0) is 14.9 Å². The van der Waals surface area contributed by atoms with Gasteiger partial charge in [-0.05, 0) is 73.9 Å². The topological polar surface area (TPSA) is 66.8 Å². The number of benzene rings is 2. The molecular formula is C35H52O4. The van der Waals surface area contributed by atoms with E-state index in [0.717, 1.165) is 24.0 Å². The number of carbonyl (C=O) groups is 1. The lowest BCUT2D eigenvalue weighted by atomic mass is 9.73. The molecule has 0 aliphatic heterocycles. The van der Waals surface area contributed by atoms with Gasteiger partial charge in [-0.15, -0.1) is 0 Å². The van der Waals surface area contributed by atoms with Gasteiger partial charge < -0.3 is 14.9 Å². The number of unbranched alkanes of at least 4 members (excludes halogenated alkanes) is 12. The number of hydrogen-bond acceptors (Lipinski definition) is 4. The maximum atomic E-state index is 12.5. The van der Waals surface area contributed by atoms with Crippen LogP contribution in [0.25, 0.3) is 0 Å². The Bertz CT molecular complexity index is 885. The quantitative estimate of drug-likeness (QED) is 0.0946. The number of phenolic OH excluding ortho intramolecular Hbond substituents is 2. The van der Waals surface area contributed by atoms with Gasteiger partial charge in [-0.3, -0.25) is 4.79 Å². The standard InChI is InChI=1S/C35H52O4/c1-3-4-5-6-7-8-9-10-11-12-13-14-15-16-17-18-29-39-34(38)27-28-35(2,30-19-23-32(36)24-20-30)31-21-25-33(37)26-22-31/h10-11,19-26,36-37H,3-9,12-18,27-29H2,1-2H3/b11-10-. The molecule has 0 aromatic heterocycles. The Labute approximate surface area is 237 Å². The SMILES string of the molecule is CCCCCCCC/C=C\CCCCCCCCOC(=O)CCC(C)(c1ccc(O)cc1)c1ccc(O)cc1. The number of esters is 1. The molecule has 0 spiro atoms. The van der Waals surface area contributed by atoms with E-state index in [1.165, 1.54) is 77.0 Å². The molecule has 0 amide bonds. The first-order valence-corrected chi connectivity index (χ1v) is 15.4. The molecule has 0 aliphatic rings. The number of carbonyl (C=O) groups excluding carboxylic acids is 1. The van der Waals surface area contributed by atoms with Crippen LogP contribution in [0, 0.1) is 0 Å². The number of aromatic hydroxyl groups is 2. The van der Waals surface area contributed by atoms with Crippen molar-refractivity contribution < 1.29 is 19.7 Å². The Kier molecular flexibility index (Phi) is 16.1. The summed E-state index contributed by atoms with van der Waals surface area (Å²) in [5.74, 6) is 0.246. The van der Waals surface area contributed by atoms with Crippen molar-refractivity contribution in [1.82, 2.24) is 0 Å². The summed E-state index contributed by atoms with van der Waals surface area (Å²) >= 11 is 0. The van der Waals surface area contributed by atoms with Crippen LogP contribution >= 0.6 is 0 Å². The number of ether oxygens (including phenoxy) is 1. The summed E-state index contributed by atoms with van der Waals surface area (Å²) in [5, 5.41) is 19.4. The molecule has 0 aliphatic carbocycles. The van der Waals surface area contributed by atoms with Crippen LogP contribution in [0.3, 0.4) is 0 Å². The number of allylic oxidation sites excluding steroid dienone is 2. The molecule has 0 bridgehead atoms. The highest BCUT2D eigenvalue weighted by Gasteiger charge is 2.30. The van der Waals surface area contributed by atoms with Crippen LogP contribution < -0.4 is 0 Å². The first kappa shape index (κ1) is 32.5. The molecule has 39 heavy (non-hydrogen) atoms. The molecule has 2 rings (SSSR count). The van der Waals surface area contributed by atoms with E-state index in [1.807, 2.05) is 24.3 Å². The van der Waals surface area contributed by atoms with Crippen LogP contribution in [0.2, 0.25) is 0 Å². The predicted octanol–water partition coefficient (Wildman–Crippen LogP) is 9.76. The van der Waals surface area contributed by atoms with E-state index < -0.39 is 5.41 Å². The van der Waals surface area contributed by atoms with Crippen molar-refractivity contribution in [3.8, 4) is 11.5 Å². The zero-order chi connectivity index (χ0) is 28.2. The minimum Gasteiger partial charge on any atom is -0.508 e. The summed E-state index contributed by atoms with van der Waals surface area (Å²) < 4.78 is 5.54. The second-order valence-electron chi connectivity index (χ2n) is 11.1. The minimum absolute atomic E-state index is 0.175. The van der Waals surface area contributed by atoms with E-state index in [9.17, 15) is 15.0 Å². The first-order chi connectivity index (χ1) is 19.0. The fourth-order valence-electron chi connectivity index (χ4n) is 5.07. The summed E-state index contributed by atoms with van der Waals surface area (Å²) in [5.41, 5.74) is 1.57. The summed E-state index contributed by atoms with van der Waals surface area (Å²) in [6.07, 6.45) is 23.2. The van der Waals surface area contributed by atoms with Crippen molar-refractivity contribution in [2.75, 3.05) is 6.61 Å². The Hall–Kier alpha value is -2.75. The van der Waals surface area contributed by atoms with Gasteiger partial charge in [-0.1, -0.05) is 108 Å². The molecule has 4 nitrogen and oxygen atoms in total. The Morgan fingerprint density at radius 3 is 1.62 bits per heavy atom. The highest BCUT2D eigenvalue weighted by molar-refractivity contribution is 5.69. The molecule has 4 heteroatoms. The third kappa shape index (κ3) is 13.2. The lowest BCUT2D eigenvalue weighted by Crippen LogP contribution is -2.25. The van der Waals surface area contributed by atoms with Gasteiger partial charge in [0.05, 0.1) is 6.61 Å². The fourth-order valence-corrected chi connectivity index (χ4v) is 5.07. The van der Waals surface area contributed by atoms with Gasteiger partial charge in [0.15, 0.2) is 0 Å². The smallest absolute Gasteiger partial charge is 0.305 e. The maximum Gasteiger partial charge on any atom is 0.305 e. The molecule has 0 heterocycles. The van der Waals surface area contributed by atoms with Gasteiger partial charge in [-0.25, -0.2) is 0 Å². The van der Waals surface area contributed by atoms with Crippen molar-refractivity contribution in [1.29, 1.82) is 0 Å². The molecule has 2 aromatic carbocycles. The lowest BCUT2D eigenvalue weighted by molar-refractivity contribution is -0.144. The number of phenols is 2. The monoisotopic (exact) mass is 536 g/mol. The van der Waals surface area contributed by atoms with E-state index in [4.69, 9.17) is 4.74 Å². The zero-order valence-corrected chi connectivity index (χ0v) is 24.5.